The van der Waals surface area contributed by atoms with Gasteiger partial charge in [0.25, 0.3) is 0 Å². The fourth-order valence-corrected chi connectivity index (χ4v) is 1.66. The van der Waals surface area contributed by atoms with E-state index in [1.165, 1.54) is 0 Å². The van der Waals surface area contributed by atoms with Crippen molar-refractivity contribution >= 4 is 6.29 Å². The number of nitrogens with zero attached hydrogens (tertiary/aromatic N) is 3. The molecule has 1 heterocycles. The third kappa shape index (κ3) is 3.57. The van der Waals surface area contributed by atoms with Crippen LogP contribution in [0.25, 0.3) is 0 Å². The van der Waals surface area contributed by atoms with Crippen LogP contribution in [0.4, 0.5) is 0 Å². The fraction of sp³-hybridized carbons (Fsp3) is 0.357. The third-order valence-electron chi connectivity index (χ3n) is 2.61. The average molecular weight is 275 g/mol. The van der Waals surface area contributed by atoms with Crippen LogP contribution in [0.3, 0.4) is 0 Å². The van der Waals surface area contributed by atoms with Gasteiger partial charge in [0.2, 0.25) is 0 Å². The first-order valence-electron chi connectivity index (χ1n) is 6.43. The van der Waals surface area contributed by atoms with Crippen molar-refractivity contribution in [2.75, 3.05) is 6.61 Å². The Bertz CT molecular complexity index is 581. The molecular weight excluding hydrogens is 258 g/mol. The van der Waals surface area contributed by atoms with E-state index in [1.54, 1.807) is 36.1 Å². The van der Waals surface area contributed by atoms with Gasteiger partial charge < -0.3 is 9.47 Å². The molecule has 0 aliphatic carbocycles. The van der Waals surface area contributed by atoms with E-state index in [0.717, 1.165) is 12.7 Å². The molecule has 2 aromatic rings. The molecule has 106 valence electrons. The van der Waals surface area contributed by atoms with Crippen molar-refractivity contribution in [3.63, 3.8) is 0 Å². The van der Waals surface area contributed by atoms with Crippen LogP contribution in [0.15, 0.2) is 24.4 Å². The maximum atomic E-state index is 11.0. The van der Waals surface area contributed by atoms with Crippen molar-refractivity contribution in [2.45, 2.75) is 20.0 Å². The first kappa shape index (κ1) is 14.0. The van der Waals surface area contributed by atoms with Crippen LogP contribution in [0, 0.1) is 0 Å². The molecule has 6 nitrogen and oxygen atoms in total. The lowest BCUT2D eigenvalue weighted by molar-refractivity contribution is 0.111. The molecule has 6 heteroatoms. The van der Waals surface area contributed by atoms with Crippen LogP contribution in [0.2, 0.25) is 0 Å². The summed E-state index contributed by atoms with van der Waals surface area (Å²) in [6.07, 6.45) is 3.44. The van der Waals surface area contributed by atoms with Crippen molar-refractivity contribution in [1.82, 2.24) is 15.0 Å². The number of hydrogen-bond donors (Lipinski definition) is 0. The molecule has 0 aliphatic heterocycles. The molecule has 20 heavy (non-hydrogen) atoms. The normalized spacial score (nSPS) is 10.3. The molecule has 1 aromatic carbocycles. The van der Waals surface area contributed by atoms with Gasteiger partial charge in [0.1, 0.15) is 23.8 Å². The molecule has 0 radical (unpaired) electrons. The first-order valence-corrected chi connectivity index (χ1v) is 6.43. The zero-order chi connectivity index (χ0) is 14.4. The Morgan fingerprint density at radius 3 is 2.85 bits per heavy atom. The van der Waals surface area contributed by atoms with Gasteiger partial charge in [-0.05, 0) is 18.6 Å². The van der Waals surface area contributed by atoms with Gasteiger partial charge in [0, 0.05) is 13.1 Å². The van der Waals surface area contributed by atoms with E-state index in [0.29, 0.717) is 29.4 Å². The van der Waals surface area contributed by atoms with Gasteiger partial charge in [-0.1, -0.05) is 12.1 Å². The van der Waals surface area contributed by atoms with E-state index in [4.69, 9.17) is 9.47 Å². The molecule has 0 fully saturated rings. The van der Waals surface area contributed by atoms with Crippen molar-refractivity contribution in [2.24, 2.45) is 7.05 Å². The summed E-state index contributed by atoms with van der Waals surface area (Å²) in [5.41, 5.74) is 1.18. The van der Waals surface area contributed by atoms with Crippen molar-refractivity contribution in [3.8, 4) is 11.5 Å². The summed E-state index contributed by atoms with van der Waals surface area (Å²) in [4.78, 5) is 11.0. The Balaban J connectivity index is 2.09. The lowest BCUT2D eigenvalue weighted by atomic mass is 10.2. The molecule has 0 saturated carbocycles. The number of aromatic nitrogens is 3. The topological polar surface area (TPSA) is 66.2 Å². The number of carbonyl (C=O) groups excluding carboxylic acids is 1. The van der Waals surface area contributed by atoms with Gasteiger partial charge >= 0.3 is 0 Å². The third-order valence-corrected chi connectivity index (χ3v) is 2.61. The van der Waals surface area contributed by atoms with Crippen molar-refractivity contribution < 1.29 is 14.3 Å². The van der Waals surface area contributed by atoms with E-state index in [-0.39, 0.29) is 6.61 Å². The summed E-state index contributed by atoms with van der Waals surface area (Å²) in [7, 11) is 1.78. The fourth-order valence-electron chi connectivity index (χ4n) is 1.66. The summed E-state index contributed by atoms with van der Waals surface area (Å²) in [6, 6.07) is 5.16. The minimum atomic E-state index is 0.256. The number of benzene rings is 1. The second-order valence-electron chi connectivity index (χ2n) is 4.34. The molecule has 0 atom stereocenters. The number of aldehydes is 1. The Kier molecular flexibility index (Phi) is 4.70. The first-order chi connectivity index (χ1) is 9.72. The highest BCUT2D eigenvalue weighted by molar-refractivity contribution is 5.79. The summed E-state index contributed by atoms with van der Waals surface area (Å²) < 4.78 is 12.7. The van der Waals surface area contributed by atoms with Gasteiger partial charge in [-0.2, -0.15) is 0 Å². The minimum absolute atomic E-state index is 0.256. The Labute approximate surface area is 117 Å². The molecule has 0 amide bonds. The van der Waals surface area contributed by atoms with Crippen LogP contribution in [0.5, 0.6) is 11.5 Å². The standard InChI is InChI=1S/C14H17N3O3/c1-3-6-19-13-5-4-11(9-18)14(7-13)20-10-12-8-17(2)16-15-12/h4-5,7-9H,3,6,10H2,1-2H3. The summed E-state index contributed by atoms with van der Waals surface area (Å²) in [6.45, 7) is 2.92. The SMILES string of the molecule is CCCOc1ccc(C=O)c(OCc2cn(C)nn2)c1. The van der Waals surface area contributed by atoms with Gasteiger partial charge in [-0.3, -0.25) is 9.48 Å². The zero-order valence-electron chi connectivity index (χ0n) is 11.6. The van der Waals surface area contributed by atoms with Gasteiger partial charge in [-0.15, -0.1) is 5.10 Å². The van der Waals surface area contributed by atoms with Gasteiger partial charge in [0.15, 0.2) is 6.29 Å². The highest BCUT2D eigenvalue weighted by atomic mass is 16.5. The van der Waals surface area contributed by atoms with E-state index in [1.807, 2.05) is 6.92 Å². The predicted octanol–water partition coefficient (Wildman–Crippen LogP) is 2.00. The van der Waals surface area contributed by atoms with E-state index in [2.05, 4.69) is 10.3 Å². The monoisotopic (exact) mass is 275 g/mol. The molecule has 0 N–H and O–H groups in total. The van der Waals surface area contributed by atoms with Crippen LogP contribution >= 0.6 is 0 Å². The Morgan fingerprint density at radius 2 is 2.20 bits per heavy atom. The summed E-state index contributed by atoms with van der Waals surface area (Å²) in [5, 5.41) is 7.75. The smallest absolute Gasteiger partial charge is 0.153 e. The highest BCUT2D eigenvalue weighted by Gasteiger charge is 2.07. The summed E-state index contributed by atoms with van der Waals surface area (Å²) >= 11 is 0. The molecule has 0 spiro atoms. The quantitative estimate of drug-likeness (QED) is 0.723. The molecule has 0 aliphatic rings. The molecule has 0 unspecified atom stereocenters. The van der Waals surface area contributed by atoms with E-state index >= 15 is 0 Å². The number of carbonyl (C=O) groups is 1. The largest absolute Gasteiger partial charge is 0.493 e. The van der Waals surface area contributed by atoms with Crippen LogP contribution in [0.1, 0.15) is 29.4 Å². The zero-order valence-corrected chi connectivity index (χ0v) is 11.6. The molecule has 0 saturated heterocycles. The lowest BCUT2D eigenvalue weighted by Gasteiger charge is -2.10. The Morgan fingerprint density at radius 1 is 1.35 bits per heavy atom. The number of ether oxygens (including phenoxy) is 2. The average Bonchev–Trinajstić information content (AvgIpc) is 2.88. The number of aryl methyl sites for hydroxylation is 1. The van der Waals surface area contributed by atoms with E-state index in [9.17, 15) is 4.79 Å². The van der Waals surface area contributed by atoms with Gasteiger partial charge in [-0.25, -0.2) is 0 Å². The molecule has 0 bridgehead atoms. The number of rotatable bonds is 7. The van der Waals surface area contributed by atoms with Crippen molar-refractivity contribution in [3.05, 3.63) is 35.7 Å². The highest BCUT2D eigenvalue weighted by Crippen LogP contribution is 2.24. The van der Waals surface area contributed by atoms with Crippen LogP contribution in [-0.2, 0) is 13.7 Å². The summed E-state index contributed by atoms with van der Waals surface area (Å²) in [5.74, 6) is 1.17. The Hall–Kier alpha value is -2.37. The second-order valence-corrected chi connectivity index (χ2v) is 4.34. The molecule has 2 rings (SSSR count). The van der Waals surface area contributed by atoms with E-state index < -0.39 is 0 Å². The number of hydrogen-bond acceptors (Lipinski definition) is 5. The predicted molar refractivity (Wildman–Crippen MR) is 73.0 cm³/mol. The van der Waals surface area contributed by atoms with Gasteiger partial charge in [0.05, 0.1) is 18.4 Å². The molecular formula is C14H17N3O3. The second kappa shape index (κ2) is 6.70. The minimum Gasteiger partial charge on any atom is -0.493 e. The maximum Gasteiger partial charge on any atom is 0.153 e. The van der Waals surface area contributed by atoms with Crippen LogP contribution < -0.4 is 9.47 Å². The van der Waals surface area contributed by atoms with Crippen molar-refractivity contribution in [1.29, 1.82) is 0 Å². The van der Waals surface area contributed by atoms with Crippen LogP contribution in [-0.4, -0.2) is 27.9 Å². The lowest BCUT2D eigenvalue weighted by Crippen LogP contribution is -2.01. The molecule has 1 aromatic heterocycles. The maximum absolute atomic E-state index is 11.0.